The highest BCUT2D eigenvalue weighted by Crippen LogP contribution is 2.36. The van der Waals surface area contributed by atoms with Gasteiger partial charge in [-0.3, -0.25) is 9.59 Å². The number of anilines is 1. The largest absolute Gasteiger partial charge is 0.478 e. The molecule has 2 atom stereocenters. The first kappa shape index (κ1) is 23.5. The lowest BCUT2D eigenvalue weighted by Crippen LogP contribution is -2.46. The molecule has 0 spiro atoms. The molecule has 31 heavy (non-hydrogen) atoms. The summed E-state index contributed by atoms with van der Waals surface area (Å²) in [6, 6.07) is 3.12. The number of rotatable bonds is 7. The van der Waals surface area contributed by atoms with E-state index in [1.165, 1.54) is 10.4 Å². The summed E-state index contributed by atoms with van der Waals surface area (Å²) in [4.78, 5) is 26.7. The molecule has 3 rings (SSSR count). The lowest BCUT2D eigenvalue weighted by Gasteiger charge is -2.32. The minimum Gasteiger partial charge on any atom is -0.478 e. The third kappa shape index (κ3) is 5.19. The van der Waals surface area contributed by atoms with Crippen molar-refractivity contribution in [2.45, 2.75) is 44.1 Å². The van der Waals surface area contributed by atoms with E-state index in [0.29, 0.717) is 49.4 Å². The van der Waals surface area contributed by atoms with Crippen LogP contribution < -0.4 is 15.4 Å². The Kier molecular flexibility index (Phi) is 7.23. The molecule has 2 heterocycles. The summed E-state index contributed by atoms with van der Waals surface area (Å²) in [5, 5.41) is 5.68. The molecule has 0 radical (unpaired) electrons. The van der Waals surface area contributed by atoms with Gasteiger partial charge in [0.25, 0.3) is 5.91 Å². The summed E-state index contributed by atoms with van der Waals surface area (Å²) < 4.78 is 34.0. The third-order valence-corrected chi connectivity index (χ3v) is 7.71. The number of aryl methyl sites for hydroxylation is 1. The Morgan fingerprint density at radius 2 is 2.10 bits per heavy atom. The number of ether oxygens (including phenoxy) is 1. The van der Waals surface area contributed by atoms with Crippen LogP contribution in [-0.2, 0) is 19.6 Å². The van der Waals surface area contributed by atoms with Crippen molar-refractivity contribution in [1.29, 1.82) is 0 Å². The van der Waals surface area contributed by atoms with E-state index in [4.69, 9.17) is 4.74 Å². The monoisotopic (exact) mass is 452 g/mol. The van der Waals surface area contributed by atoms with E-state index >= 15 is 0 Å². The molecule has 0 aliphatic carbocycles. The van der Waals surface area contributed by atoms with Crippen LogP contribution in [0.2, 0.25) is 0 Å². The number of hydrogen-bond acceptors (Lipinski definition) is 6. The van der Waals surface area contributed by atoms with Gasteiger partial charge in [-0.05, 0) is 51.9 Å². The molecule has 10 heteroatoms. The van der Waals surface area contributed by atoms with Crippen molar-refractivity contribution < 1.29 is 22.7 Å². The molecule has 9 nitrogen and oxygen atoms in total. The Labute approximate surface area is 184 Å². The predicted octanol–water partition coefficient (Wildman–Crippen LogP) is 1.18. The Balaban J connectivity index is 1.78. The van der Waals surface area contributed by atoms with Gasteiger partial charge in [-0.2, -0.15) is 4.31 Å². The quantitative estimate of drug-likeness (QED) is 0.643. The number of nitrogens with one attached hydrogen (secondary N) is 2. The average Bonchev–Trinajstić information content (AvgIpc) is 2.72. The van der Waals surface area contributed by atoms with Crippen molar-refractivity contribution in [2.75, 3.05) is 45.6 Å². The van der Waals surface area contributed by atoms with Crippen LogP contribution in [0.15, 0.2) is 17.0 Å². The first-order chi connectivity index (χ1) is 14.6. The maximum absolute atomic E-state index is 13.4. The van der Waals surface area contributed by atoms with Crippen molar-refractivity contribution in [1.82, 2.24) is 14.5 Å². The third-order valence-electron chi connectivity index (χ3n) is 5.70. The Bertz CT molecular complexity index is 947. The molecule has 2 aliphatic rings. The normalized spacial score (nSPS) is 21.9. The number of carbonyl (C=O) groups excluding carboxylic acids is 2. The molecule has 2 amide bonds. The summed E-state index contributed by atoms with van der Waals surface area (Å²) >= 11 is 0. The minimum absolute atomic E-state index is 0.110. The van der Waals surface area contributed by atoms with E-state index in [2.05, 4.69) is 10.6 Å². The molecule has 0 aromatic heterocycles. The standard InChI is InChI=1S/C21H32N4O5S/c1-5-17-21(27)23-16-11-14(2)19(12-18(16)30-17)31(28,29)25-9-6-7-15(13-25)20(26)22-8-10-24(3)4/h11-12,15,17H,5-10,13H2,1-4H3,(H,22,26)(H,23,27)/t15-,17-/m1/s1. The first-order valence-electron chi connectivity index (χ1n) is 10.7. The highest BCUT2D eigenvalue weighted by molar-refractivity contribution is 7.89. The van der Waals surface area contributed by atoms with Gasteiger partial charge in [0.05, 0.1) is 16.5 Å². The topological polar surface area (TPSA) is 108 Å². The van der Waals surface area contributed by atoms with Gasteiger partial charge in [0.2, 0.25) is 15.9 Å². The summed E-state index contributed by atoms with van der Waals surface area (Å²) in [6.45, 7) is 5.31. The summed E-state index contributed by atoms with van der Waals surface area (Å²) in [6.07, 6.45) is 1.13. The molecular formula is C21H32N4O5S. The van der Waals surface area contributed by atoms with Gasteiger partial charge in [-0.25, -0.2) is 8.42 Å². The molecule has 2 N–H and O–H groups in total. The maximum Gasteiger partial charge on any atom is 0.265 e. The van der Waals surface area contributed by atoms with E-state index in [1.807, 2.05) is 25.9 Å². The second-order valence-corrected chi connectivity index (χ2v) is 10.3. The molecule has 0 unspecified atom stereocenters. The van der Waals surface area contributed by atoms with Crippen LogP contribution in [0.5, 0.6) is 5.75 Å². The number of carbonyl (C=O) groups is 2. The first-order valence-corrected chi connectivity index (χ1v) is 12.1. The minimum atomic E-state index is -3.81. The van der Waals surface area contributed by atoms with Gasteiger partial charge in [0.15, 0.2) is 6.10 Å². The van der Waals surface area contributed by atoms with Crippen molar-refractivity contribution in [3.63, 3.8) is 0 Å². The number of benzene rings is 1. The zero-order valence-corrected chi connectivity index (χ0v) is 19.4. The fourth-order valence-electron chi connectivity index (χ4n) is 3.89. The Morgan fingerprint density at radius 1 is 1.35 bits per heavy atom. The molecule has 0 bridgehead atoms. The fourth-order valence-corrected chi connectivity index (χ4v) is 5.64. The van der Waals surface area contributed by atoms with Crippen LogP contribution in [0.1, 0.15) is 31.7 Å². The lowest BCUT2D eigenvalue weighted by molar-refractivity contribution is -0.126. The van der Waals surface area contributed by atoms with Gasteiger partial charge in [0.1, 0.15) is 5.75 Å². The second-order valence-electron chi connectivity index (χ2n) is 8.41. The van der Waals surface area contributed by atoms with E-state index in [0.717, 1.165) is 6.54 Å². The van der Waals surface area contributed by atoms with Gasteiger partial charge < -0.3 is 20.3 Å². The van der Waals surface area contributed by atoms with Crippen LogP contribution in [0, 0.1) is 12.8 Å². The lowest BCUT2D eigenvalue weighted by atomic mass is 9.99. The number of hydrogen-bond donors (Lipinski definition) is 2. The summed E-state index contributed by atoms with van der Waals surface area (Å²) in [7, 11) is 0.0489. The van der Waals surface area contributed by atoms with E-state index in [-0.39, 0.29) is 29.2 Å². The van der Waals surface area contributed by atoms with E-state index in [1.54, 1.807) is 13.0 Å². The van der Waals surface area contributed by atoms with Gasteiger partial charge in [0, 0.05) is 32.2 Å². The van der Waals surface area contributed by atoms with Crippen molar-refractivity contribution in [3.8, 4) is 5.75 Å². The number of amides is 2. The van der Waals surface area contributed by atoms with Crippen LogP contribution in [-0.4, -0.2) is 75.8 Å². The van der Waals surface area contributed by atoms with Gasteiger partial charge >= 0.3 is 0 Å². The van der Waals surface area contributed by atoms with E-state index < -0.39 is 16.1 Å². The zero-order valence-electron chi connectivity index (χ0n) is 18.6. The number of fused-ring (bicyclic) bond motifs is 1. The molecule has 172 valence electrons. The Hall–Kier alpha value is -2.17. The Morgan fingerprint density at radius 3 is 2.77 bits per heavy atom. The van der Waals surface area contributed by atoms with Crippen molar-refractivity contribution in [3.05, 3.63) is 17.7 Å². The summed E-state index contributed by atoms with van der Waals surface area (Å²) in [5.74, 6) is -0.362. The number of piperidine rings is 1. The highest BCUT2D eigenvalue weighted by atomic mass is 32.2. The molecule has 2 aliphatic heterocycles. The molecular weight excluding hydrogens is 420 g/mol. The van der Waals surface area contributed by atoms with Crippen LogP contribution in [0.25, 0.3) is 0 Å². The SMILES string of the molecule is CC[C@H]1Oc2cc(S(=O)(=O)N3CCC[C@@H](C(=O)NCCN(C)C)C3)c(C)cc2NC1=O. The van der Waals surface area contributed by atoms with Crippen LogP contribution >= 0.6 is 0 Å². The molecule has 1 aromatic carbocycles. The van der Waals surface area contributed by atoms with Gasteiger partial charge in [-0.1, -0.05) is 6.92 Å². The zero-order chi connectivity index (χ0) is 22.8. The van der Waals surface area contributed by atoms with Gasteiger partial charge in [-0.15, -0.1) is 0 Å². The fraction of sp³-hybridized carbons (Fsp3) is 0.619. The molecule has 1 aromatic rings. The number of nitrogens with zero attached hydrogens (tertiary/aromatic N) is 2. The molecule has 0 saturated carbocycles. The van der Waals surface area contributed by atoms with Crippen LogP contribution in [0.4, 0.5) is 5.69 Å². The van der Waals surface area contributed by atoms with Crippen LogP contribution in [0.3, 0.4) is 0 Å². The average molecular weight is 453 g/mol. The predicted molar refractivity (Wildman–Crippen MR) is 118 cm³/mol. The number of likely N-dealkylation sites (N-methyl/N-ethyl adjacent to an activating group) is 1. The van der Waals surface area contributed by atoms with Crippen molar-refractivity contribution >= 4 is 27.5 Å². The maximum atomic E-state index is 13.4. The highest BCUT2D eigenvalue weighted by Gasteiger charge is 2.35. The number of sulfonamides is 1. The molecule has 1 saturated heterocycles. The van der Waals surface area contributed by atoms with Crippen molar-refractivity contribution in [2.24, 2.45) is 5.92 Å². The summed E-state index contributed by atoms with van der Waals surface area (Å²) in [5.41, 5.74) is 0.998. The van der Waals surface area contributed by atoms with E-state index in [9.17, 15) is 18.0 Å². The second kappa shape index (κ2) is 9.54. The molecule has 1 fully saturated rings. The smallest absolute Gasteiger partial charge is 0.265 e.